The van der Waals surface area contributed by atoms with E-state index in [1.165, 1.54) is 0 Å². The van der Waals surface area contributed by atoms with E-state index in [4.69, 9.17) is 4.74 Å². The maximum absolute atomic E-state index is 13.7. The Hall–Kier alpha value is -3.45. The Balaban J connectivity index is 2.19. The molecule has 1 aliphatic rings. The van der Waals surface area contributed by atoms with Crippen LogP contribution >= 0.6 is 0 Å². The number of rotatable bonds is 4. The molecule has 1 atom stereocenters. The highest BCUT2D eigenvalue weighted by molar-refractivity contribution is 5.89. The number of alkyl halides is 9. The number of anilines is 1. The molecule has 0 spiro atoms. The molecular formula is C27H27F9N2O3. The topological polar surface area (TPSA) is 49.9 Å². The first kappa shape index (κ1) is 32.1. The van der Waals surface area contributed by atoms with Crippen molar-refractivity contribution in [2.75, 3.05) is 11.4 Å². The first-order chi connectivity index (χ1) is 18.8. The number of carbonyl (C=O) groups is 2. The van der Waals surface area contributed by atoms with Gasteiger partial charge in [-0.3, -0.25) is 9.69 Å². The minimum atomic E-state index is -5.14. The summed E-state index contributed by atoms with van der Waals surface area (Å²) in [6, 6.07) is 2.19. The molecule has 2 aromatic rings. The number of halogens is 9. The minimum Gasteiger partial charge on any atom is -0.446 e. The third kappa shape index (κ3) is 7.85. The van der Waals surface area contributed by atoms with Crippen LogP contribution in [0.3, 0.4) is 0 Å². The molecule has 1 heterocycles. The number of benzene rings is 2. The molecule has 5 nitrogen and oxygen atoms in total. The van der Waals surface area contributed by atoms with E-state index >= 15 is 0 Å². The Bertz CT molecular complexity index is 1240. The monoisotopic (exact) mass is 598 g/mol. The van der Waals surface area contributed by atoms with Crippen LogP contribution in [0.1, 0.15) is 73.9 Å². The van der Waals surface area contributed by atoms with Crippen molar-refractivity contribution >= 4 is 17.7 Å². The van der Waals surface area contributed by atoms with E-state index in [1.54, 1.807) is 13.8 Å². The van der Waals surface area contributed by atoms with E-state index in [2.05, 4.69) is 0 Å². The zero-order chi connectivity index (χ0) is 30.9. The highest BCUT2D eigenvalue weighted by Gasteiger charge is 2.39. The summed E-state index contributed by atoms with van der Waals surface area (Å²) in [7, 11) is 0. The van der Waals surface area contributed by atoms with Gasteiger partial charge in [0.2, 0.25) is 5.91 Å². The summed E-state index contributed by atoms with van der Waals surface area (Å²) in [5.41, 5.74) is -4.97. The second-order valence-corrected chi connectivity index (χ2v) is 9.93. The van der Waals surface area contributed by atoms with Crippen LogP contribution < -0.4 is 4.90 Å². The van der Waals surface area contributed by atoms with Gasteiger partial charge in [-0.15, -0.1) is 0 Å². The predicted molar refractivity (Wildman–Crippen MR) is 130 cm³/mol. The standard InChI is InChI=1S/C27H27F9N2O3/c1-15(2)41-24(40)37-9-5-4-6-22(21-13-18(25(28,29)30)7-8-23(21)37)38(16(3)39)14-17-10-19(26(31,32)33)12-20(11-17)27(34,35)36/h7-8,10-13,15,22H,4-6,9,14H2,1-3H3. The molecule has 0 saturated heterocycles. The Kier molecular flexibility index (Phi) is 9.23. The minimum absolute atomic E-state index is 0.0142. The van der Waals surface area contributed by atoms with Gasteiger partial charge in [0.1, 0.15) is 0 Å². The summed E-state index contributed by atoms with van der Waals surface area (Å²) in [4.78, 5) is 27.7. The van der Waals surface area contributed by atoms with E-state index < -0.39 is 71.5 Å². The van der Waals surface area contributed by atoms with Crippen molar-refractivity contribution in [1.29, 1.82) is 0 Å². The van der Waals surface area contributed by atoms with Gasteiger partial charge in [0, 0.05) is 20.0 Å². The summed E-state index contributed by atoms with van der Waals surface area (Å²) in [6.45, 7) is 3.45. The maximum atomic E-state index is 13.7. The fraction of sp³-hybridized carbons (Fsp3) is 0.481. The van der Waals surface area contributed by atoms with E-state index in [0.717, 1.165) is 34.9 Å². The molecule has 0 saturated carbocycles. The highest BCUT2D eigenvalue weighted by Crippen LogP contribution is 2.42. The van der Waals surface area contributed by atoms with Crippen molar-refractivity contribution in [3.63, 3.8) is 0 Å². The Morgan fingerprint density at radius 1 is 0.878 bits per heavy atom. The van der Waals surface area contributed by atoms with Crippen molar-refractivity contribution in [3.8, 4) is 0 Å². The molecule has 0 bridgehead atoms. The van der Waals surface area contributed by atoms with Gasteiger partial charge in [-0.05, 0) is 80.6 Å². The lowest BCUT2D eigenvalue weighted by atomic mass is 9.92. The molecule has 2 aromatic carbocycles. The van der Waals surface area contributed by atoms with Crippen LogP contribution in [0.2, 0.25) is 0 Å². The maximum Gasteiger partial charge on any atom is 0.416 e. The molecule has 0 N–H and O–H groups in total. The molecule has 226 valence electrons. The molecule has 3 rings (SSSR count). The van der Waals surface area contributed by atoms with Crippen molar-refractivity contribution in [3.05, 3.63) is 64.2 Å². The molecule has 41 heavy (non-hydrogen) atoms. The molecule has 1 unspecified atom stereocenters. The molecule has 0 radical (unpaired) electrons. The van der Waals surface area contributed by atoms with Gasteiger partial charge < -0.3 is 9.64 Å². The van der Waals surface area contributed by atoms with Crippen molar-refractivity contribution in [1.82, 2.24) is 4.90 Å². The Morgan fingerprint density at radius 3 is 1.93 bits per heavy atom. The van der Waals surface area contributed by atoms with Crippen LogP contribution in [0.25, 0.3) is 0 Å². The first-order valence-corrected chi connectivity index (χ1v) is 12.5. The molecule has 2 amide bonds. The van der Waals surface area contributed by atoms with Gasteiger partial charge in [-0.1, -0.05) is 0 Å². The number of ether oxygens (including phenoxy) is 1. The van der Waals surface area contributed by atoms with E-state index in [1.807, 2.05) is 0 Å². The average Bonchev–Trinajstić information content (AvgIpc) is 2.81. The SMILES string of the molecule is CC(=O)N(Cc1cc(C(F)(F)F)cc(C(F)(F)F)c1)C1CCCCN(C(=O)OC(C)C)c2ccc(C(F)(F)F)cc21. The first-order valence-electron chi connectivity index (χ1n) is 12.5. The van der Waals surface area contributed by atoms with E-state index in [0.29, 0.717) is 18.6 Å². The third-order valence-electron chi connectivity index (χ3n) is 6.45. The average molecular weight is 599 g/mol. The number of hydrogen-bond acceptors (Lipinski definition) is 3. The predicted octanol–water partition coefficient (Wildman–Crippen LogP) is 8.37. The zero-order valence-electron chi connectivity index (χ0n) is 22.2. The van der Waals surface area contributed by atoms with Crippen molar-refractivity contribution in [2.45, 2.75) is 77.3 Å². The fourth-order valence-corrected chi connectivity index (χ4v) is 4.65. The normalized spacial score (nSPS) is 16.6. The van der Waals surface area contributed by atoms with E-state index in [-0.39, 0.29) is 36.7 Å². The number of fused-ring (bicyclic) bond motifs is 1. The number of carbonyl (C=O) groups excluding carboxylic acids is 2. The number of amides is 2. The second kappa shape index (κ2) is 11.8. The van der Waals surface area contributed by atoms with Crippen LogP contribution in [0.5, 0.6) is 0 Å². The molecule has 0 aliphatic carbocycles. The van der Waals surface area contributed by atoms with Gasteiger partial charge in [0.15, 0.2) is 0 Å². The third-order valence-corrected chi connectivity index (χ3v) is 6.45. The summed E-state index contributed by atoms with van der Waals surface area (Å²) in [5, 5.41) is 0. The summed E-state index contributed by atoms with van der Waals surface area (Å²) >= 11 is 0. The zero-order valence-corrected chi connectivity index (χ0v) is 22.2. The summed E-state index contributed by atoms with van der Waals surface area (Å²) in [6.07, 6.45) is -15.9. The fourth-order valence-electron chi connectivity index (χ4n) is 4.65. The van der Waals surface area contributed by atoms with Gasteiger partial charge in [-0.25, -0.2) is 4.79 Å². The Morgan fingerprint density at radius 2 is 1.44 bits per heavy atom. The molecule has 0 fully saturated rings. The van der Waals surface area contributed by atoms with Gasteiger partial charge >= 0.3 is 24.6 Å². The van der Waals surface area contributed by atoms with Crippen LogP contribution in [-0.2, 0) is 34.6 Å². The smallest absolute Gasteiger partial charge is 0.416 e. The molecule has 14 heteroatoms. The lowest BCUT2D eigenvalue weighted by Gasteiger charge is -2.37. The van der Waals surface area contributed by atoms with E-state index in [9.17, 15) is 49.1 Å². The lowest BCUT2D eigenvalue weighted by Crippen LogP contribution is -2.39. The van der Waals surface area contributed by atoms with Crippen molar-refractivity contribution < 1.29 is 53.8 Å². The van der Waals surface area contributed by atoms with Crippen LogP contribution in [0, 0.1) is 0 Å². The molecular weight excluding hydrogens is 571 g/mol. The lowest BCUT2D eigenvalue weighted by molar-refractivity contribution is -0.143. The van der Waals surface area contributed by atoms with Gasteiger partial charge in [0.05, 0.1) is 34.5 Å². The highest BCUT2D eigenvalue weighted by atomic mass is 19.4. The number of hydrogen-bond donors (Lipinski definition) is 0. The summed E-state index contributed by atoms with van der Waals surface area (Å²) < 4.78 is 127. The quantitative estimate of drug-likeness (QED) is 0.333. The van der Waals surface area contributed by atoms with Crippen molar-refractivity contribution in [2.24, 2.45) is 0 Å². The summed E-state index contributed by atoms with van der Waals surface area (Å²) in [5.74, 6) is -0.804. The van der Waals surface area contributed by atoms with Crippen LogP contribution in [-0.4, -0.2) is 29.5 Å². The largest absolute Gasteiger partial charge is 0.446 e. The van der Waals surface area contributed by atoms with Crippen LogP contribution in [0.4, 0.5) is 50.0 Å². The molecule has 1 aliphatic heterocycles. The Labute approximate surface area is 229 Å². The second-order valence-electron chi connectivity index (χ2n) is 9.93. The van der Waals surface area contributed by atoms with Gasteiger partial charge in [0.25, 0.3) is 0 Å². The number of nitrogens with zero attached hydrogens (tertiary/aromatic N) is 2. The molecule has 0 aromatic heterocycles. The van der Waals surface area contributed by atoms with Crippen LogP contribution in [0.15, 0.2) is 36.4 Å². The van der Waals surface area contributed by atoms with Gasteiger partial charge in [-0.2, -0.15) is 39.5 Å².